The van der Waals surface area contributed by atoms with Crippen molar-refractivity contribution in [2.75, 3.05) is 61.1 Å². The Morgan fingerprint density at radius 3 is 2.58 bits per heavy atom. The molecule has 1 amide bonds. The highest BCUT2D eigenvalue weighted by Gasteiger charge is 2.27. The van der Waals surface area contributed by atoms with Crippen LogP contribution >= 0.6 is 11.8 Å². The standard InChI is InChI=1S/C21H29N9O4S2/c1-4-22-18-25-19(23-5-2)30-20(26-18)27-28-21(30)35-13-17(31)24-16-12-15(7-6-14(16)3)36(32,33)29-8-10-34-11-9-29/h6-7,12H,4-5,8-11,13H2,1-3H3,(H,24,31)(H2,22,23,25,26,27). The molecule has 36 heavy (non-hydrogen) atoms. The Hall–Kier alpha value is -3.01. The largest absolute Gasteiger partial charge is 0.379 e. The van der Waals surface area contributed by atoms with Crippen LogP contribution in [-0.4, -0.2) is 88.3 Å². The van der Waals surface area contributed by atoms with E-state index in [1.807, 2.05) is 20.8 Å². The highest BCUT2D eigenvalue weighted by atomic mass is 32.2. The lowest BCUT2D eigenvalue weighted by Crippen LogP contribution is -2.40. The van der Waals surface area contributed by atoms with Gasteiger partial charge in [-0.2, -0.15) is 14.3 Å². The lowest BCUT2D eigenvalue weighted by Gasteiger charge is -2.26. The monoisotopic (exact) mass is 535 g/mol. The van der Waals surface area contributed by atoms with Gasteiger partial charge in [0.15, 0.2) is 5.16 Å². The van der Waals surface area contributed by atoms with Gasteiger partial charge in [0.05, 0.1) is 23.9 Å². The minimum atomic E-state index is -3.68. The molecule has 4 rings (SSSR count). The molecule has 0 spiro atoms. The number of nitrogens with one attached hydrogen (secondary N) is 3. The molecule has 0 saturated carbocycles. The van der Waals surface area contributed by atoms with E-state index in [1.165, 1.54) is 22.1 Å². The molecule has 1 saturated heterocycles. The molecule has 13 nitrogen and oxygen atoms in total. The van der Waals surface area contributed by atoms with Gasteiger partial charge in [0.2, 0.25) is 27.8 Å². The molecule has 0 bridgehead atoms. The van der Waals surface area contributed by atoms with Crippen molar-refractivity contribution in [2.45, 2.75) is 30.8 Å². The first-order chi connectivity index (χ1) is 17.3. The highest BCUT2D eigenvalue weighted by molar-refractivity contribution is 7.99. The Kier molecular flexibility index (Phi) is 8.23. The van der Waals surface area contributed by atoms with Crippen LogP contribution in [0.15, 0.2) is 28.3 Å². The van der Waals surface area contributed by atoms with Crippen molar-refractivity contribution >= 4 is 51.1 Å². The maximum Gasteiger partial charge on any atom is 0.261 e. The molecular weight excluding hydrogens is 506 g/mol. The molecule has 3 aromatic rings. The number of amides is 1. The van der Waals surface area contributed by atoms with Crippen molar-refractivity contribution in [3.8, 4) is 0 Å². The van der Waals surface area contributed by atoms with Gasteiger partial charge in [-0.05, 0) is 38.5 Å². The fourth-order valence-corrected chi connectivity index (χ4v) is 5.71. The summed E-state index contributed by atoms with van der Waals surface area (Å²) in [5, 5.41) is 17.8. The summed E-state index contributed by atoms with van der Waals surface area (Å²) in [6.45, 7) is 8.31. The normalized spacial score (nSPS) is 14.6. The fourth-order valence-electron chi connectivity index (χ4n) is 3.55. The molecule has 3 heterocycles. The van der Waals surface area contributed by atoms with Gasteiger partial charge in [-0.3, -0.25) is 4.79 Å². The SMILES string of the molecule is CCNc1nc(NCC)n2c(SCC(=O)Nc3cc(S(=O)(=O)N4CCOCC4)ccc3C)nnc2n1. The summed E-state index contributed by atoms with van der Waals surface area (Å²) in [7, 11) is -3.68. The number of hydrogen-bond donors (Lipinski definition) is 3. The van der Waals surface area contributed by atoms with Gasteiger partial charge in [-0.25, -0.2) is 12.8 Å². The van der Waals surface area contributed by atoms with Crippen LogP contribution in [0.2, 0.25) is 0 Å². The number of anilines is 3. The average molecular weight is 536 g/mol. The zero-order chi connectivity index (χ0) is 25.7. The zero-order valence-corrected chi connectivity index (χ0v) is 21.9. The zero-order valence-electron chi connectivity index (χ0n) is 20.3. The number of carbonyl (C=O) groups is 1. The second-order valence-corrected chi connectivity index (χ2v) is 10.8. The van der Waals surface area contributed by atoms with E-state index in [4.69, 9.17) is 4.74 Å². The molecule has 3 N–H and O–H groups in total. The molecular formula is C21H29N9O4S2. The third-order valence-corrected chi connectivity index (χ3v) is 8.16. The van der Waals surface area contributed by atoms with E-state index >= 15 is 0 Å². The molecule has 0 aliphatic carbocycles. The van der Waals surface area contributed by atoms with Crippen LogP contribution in [0.3, 0.4) is 0 Å². The Balaban J connectivity index is 1.48. The number of carbonyl (C=O) groups excluding carboxylic acids is 1. The van der Waals surface area contributed by atoms with Crippen LogP contribution < -0.4 is 16.0 Å². The summed E-state index contributed by atoms with van der Waals surface area (Å²) in [4.78, 5) is 21.7. The van der Waals surface area contributed by atoms with E-state index in [-0.39, 0.29) is 16.6 Å². The van der Waals surface area contributed by atoms with E-state index < -0.39 is 10.0 Å². The number of morpholine rings is 1. The van der Waals surface area contributed by atoms with Gasteiger partial charge in [0.1, 0.15) is 0 Å². The minimum Gasteiger partial charge on any atom is -0.379 e. The number of aromatic nitrogens is 5. The number of rotatable bonds is 10. The van der Waals surface area contributed by atoms with Crippen molar-refractivity contribution in [2.24, 2.45) is 0 Å². The van der Waals surface area contributed by atoms with Crippen LogP contribution in [0.25, 0.3) is 5.78 Å². The van der Waals surface area contributed by atoms with Crippen LogP contribution in [0, 0.1) is 6.92 Å². The minimum absolute atomic E-state index is 0.0290. The number of aryl methyl sites for hydroxylation is 1. The maximum atomic E-state index is 13.0. The number of nitrogens with zero attached hydrogens (tertiary/aromatic N) is 6. The van der Waals surface area contributed by atoms with Crippen LogP contribution in [0.5, 0.6) is 0 Å². The van der Waals surface area contributed by atoms with Gasteiger partial charge < -0.3 is 20.7 Å². The van der Waals surface area contributed by atoms with Crippen molar-refractivity contribution in [1.82, 2.24) is 28.9 Å². The van der Waals surface area contributed by atoms with Gasteiger partial charge in [-0.1, -0.05) is 17.8 Å². The van der Waals surface area contributed by atoms with Crippen molar-refractivity contribution in [3.63, 3.8) is 0 Å². The molecule has 15 heteroatoms. The Morgan fingerprint density at radius 2 is 1.86 bits per heavy atom. The van der Waals surface area contributed by atoms with E-state index in [2.05, 4.69) is 36.1 Å². The summed E-state index contributed by atoms with van der Waals surface area (Å²) in [6, 6.07) is 4.73. The van der Waals surface area contributed by atoms with Crippen LogP contribution in [0.1, 0.15) is 19.4 Å². The fraction of sp³-hybridized carbons (Fsp3) is 0.476. The van der Waals surface area contributed by atoms with Crippen molar-refractivity contribution < 1.29 is 17.9 Å². The van der Waals surface area contributed by atoms with Crippen LogP contribution in [0.4, 0.5) is 17.6 Å². The summed E-state index contributed by atoms with van der Waals surface area (Å²) < 4.78 is 34.3. The van der Waals surface area contributed by atoms with Gasteiger partial charge in [0, 0.05) is 31.9 Å². The quantitative estimate of drug-likeness (QED) is 0.323. The number of fused-ring (bicyclic) bond motifs is 1. The second kappa shape index (κ2) is 11.4. The first kappa shape index (κ1) is 26.1. The first-order valence-electron chi connectivity index (χ1n) is 11.6. The molecule has 0 radical (unpaired) electrons. The number of thioether (sulfide) groups is 1. The third-order valence-electron chi connectivity index (χ3n) is 5.34. The Morgan fingerprint density at radius 1 is 1.11 bits per heavy atom. The summed E-state index contributed by atoms with van der Waals surface area (Å²) >= 11 is 1.18. The summed E-state index contributed by atoms with van der Waals surface area (Å²) in [6.07, 6.45) is 0. The Bertz CT molecular complexity index is 1340. The van der Waals surface area contributed by atoms with Crippen molar-refractivity contribution in [1.29, 1.82) is 0 Å². The smallest absolute Gasteiger partial charge is 0.261 e. The van der Waals surface area contributed by atoms with Crippen molar-refractivity contribution in [3.05, 3.63) is 23.8 Å². The second-order valence-electron chi connectivity index (χ2n) is 7.88. The van der Waals surface area contributed by atoms with E-state index in [0.29, 0.717) is 67.9 Å². The molecule has 2 aromatic heterocycles. The number of benzene rings is 1. The topological polar surface area (TPSA) is 156 Å². The highest BCUT2D eigenvalue weighted by Crippen LogP contribution is 2.25. The summed E-state index contributed by atoms with van der Waals surface area (Å²) in [5.74, 6) is 1.03. The molecule has 1 aliphatic heterocycles. The number of sulfonamides is 1. The molecule has 194 valence electrons. The summed E-state index contributed by atoms with van der Waals surface area (Å²) in [5.41, 5.74) is 1.19. The average Bonchev–Trinajstić information content (AvgIpc) is 3.28. The molecule has 0 unspecified atom stereocenters. The third kappa shape index (κ3) is 5.69. The van der Waals surface area contributed by atoms with Gasteiger partial charge in [0.25, 0.3) is 5.78 Å². The predicted octanol–water partition coefficient (Wildman–Crippen LogP) is 1.44. The first-order valence-corrected chi connectivity index (χ1v) is 14.0. The predicted molar refractivity (Wildman–Crippen MR) is 137 cm³/mol. The Labute approximate surface area is 213 Å². The molecule has 1 fully saturated rings. The molecule has 0 atom stereocenters. The lowest BCUT2D eigenvalue weighted by molar-refractivity contribution is -0.113. The maximum absolute atomic E-state index is 13.0. The number of ether oxygens (including phenoxy) is 1. The van der Waals surface area contributed by atoms with Crippen LogP contribution in [-0.2, 0) is 19.6 Å². The van der Waals surface area contributed by atoms with E-state index in [9.17, 15) is 13.2 Å². The van der Waals surface area contributed by atoms with E-state index in [0.717, 1.165) is 5.56 Å². The van der Waals surface area contributed by atoms with E-state index in [1.54, 1.807) is 16.5 Å². The number of hydrogen-bond acceptors (Lipinski definition) is 11. The molecule has 1 aliphatic rings. The molecule has 1 aromatic carbocycles. The van der Waals surface area contributed by atoms with Gasteiger partial charge in [-0.15, -0.1) is 10.2 Å². The van der Waals surface area contributed by atoms with Gasteiger partial charge >= 0.3 is 0 Å². The lowest BCUT2D eigenvalue weighted by atomic mass is 10.2.